The van der Waals surface area contributed by atoms with E-state index in [9.17, 15) is 8.42 Å². The Morgan fingerprint density at radius 2 is 2.10 bits per heavy atom. The standard InChI is InChI=1S/C14H17NO4S/c15-9-12-1-3-14(4-2-12)20(16,17)8-7-19-11-13-5-6-18-10-13/h1-4,13H,5-8,10-11H2. The van der Waals surface area contributed by atoms with Crippen LogP contribution in [0, 0.1) is 17.2 Å². The molecule has 1 saturated heterocycles. The molecule has 108 valence electrons. The molecule has 0 N–H and O–H groups in total. The van der Waals surface area contributed by atoms with E-state index in [2.05, 4.69) is 0 Å². The Hall–Kier alpha value is -1.42. The predicted octanol–water partition coefficient (Wildman–Crippen LogP) is 1.39. The van der Waals surface area contributed by atoms with Gasteiger partial charge in [0.15, 0.2) is 9.84 Å². The topological polar surface area (TPSA) is 76.4 Å². The third-order valence-corrected chi connectivity index (χ3v) is 4.91. The van der Waals surface area contributed by atoms with Gasteiger partial charge in [0.1, 0.15) is 0 Å². The lowest BCUT2D eigenvalue weighted by atomic mass is 10.1. The first-order chi connectivity index (χ1) is 9.62. The second kappa shape index (κ2) is 6.84. The normalized spacial score (nSPS) is 18.9. The Kier molecular flexibility index (Phi) is 5.12. The van der Waals surface area contributed by atoms with Crippen LogP contribution in [-0.4, -0.2) is 40.6 Å². The molecular weight excluding hydrogens is 278 g/mol. The largest absolute Gasteiger partial charge is 0.381 e. The molecular formula is C14H17NO4S. The van der Waals surface area contributed by atoms with Crippen molar-refractivity contribution in [2.75, 3.05) is 32.2 Å². The molecule has 1 unspecified atom stereocenters. The third-order valence-electron chi connectivity index (χ3n) is 3.22. The van der Waals surface area contributed by atoms with E-state index in [0.717, 1.165) is 13.0 Å². The Labute approximate surface area is 119 Å². The molecule has 0 spiro atoms. The monoisotopic (exact) mass is 295 g/mol. The summed E-state index contributed by atoms with van der Waals surface area (Å²) in [5.74, 6) is 0.333. The first-order valence-corrected chi connectivity index (χ1v) is 8.15. The summed E-state index contributed by atoms with van der Waals surface area (Å²) in [6.07, 6.45) is 0.975. The lowest BCUT2D eigenvalue weighted by Gasteiger charge is -2.09. The number of sulfone groups is 1. The molecule has 1 fully saturated rings. The summed E-state index contributed by atoms with van der Waals surface area (Å²) in [4.78, 5) is 0.226. The van der Waals surface area contributed by atoms with Crippen LogP contribution in [0.25, 0.3) is 0 Å². The van der Waals surface area contributed by atoms with Gasteiger partial charge in [0, 0.05) is 12.5 Å². The number of hydrogen-bond acceptors (Lipinski definition) is 5. The summed E-state index contributed by atoms with van der Waals surface area (Å²) >= 11 is 0. The molecule has 5 nitrogen and oxygen atoms in total. The number of rotatable bonds is 6. The van der Waals surface area contributed by atoms with Crippen LogP contribution in [0.1, 0.15) is 12.0 Å². The van der Waals surface area contributed by atoms with E-state index in [1.54, 1.807) is 0 Å². The molecule has 0 aliphatic carbocycles. The van der Waals surface area contributed by atoms with Crippen LogP contribution < -0.4 is 0 Å². The van der Waals surface area contributed by atoms with Crippen molar-refractivity contribution in [1.29, 1.82) is 5.26 Å². The van der Waals surface area contributed by atoms with Crippen LogP contribution in [0.3, 0.4) is 0 Å². The van der Waals surface area contributed by atoms with Gasteiger partial charge in [-0.05, 0) is 30.7 Å². The molecule has 6 heteroatoms. The van der Waals surface area contributed by atoms with Crippen molar-refractivity contribution < 1.29 is 17.9 Å². The third kappa shape index (κ3) is 4.04. The van der Waals surface area contributed by atoms with E-state index in [0.29, 0.717) is 24.7 Å². The second-order valence-electron chi connectivity index (χ2n) is 4.76. The van der Waals surface area contributed by atoms with Gasteiger partial charge in [0.2, 0.25) is 0 Å². The predicted molar refractivity (Wildman–Crippen MR) is 73.0 cm³/mol. The van der Waals surface area contributed by atoms with Gasteiger partial charge in [-0.25, -0.2) is 8.42 Å². The summed E-state index contributed by atoms with van der Waals surface area (Å²) in [5.41, 5.74) is 0.446. The van der Waals surface area contributed by atoms with Gasteiger partial charge < -0.3 is 9.47 Å². The zero-order valence-electron chi connectivity index (χ0n) is 11.1. The van der Waals surface area contributed by atoms with Crippen LogP contribution in [0.5, 0.6) is 0 Å². The van der Waals surface area contributed by atoms with E-state index >= 15 is 0 Å². The molecule has 1 heterocycles. The minimum absolute atomic E-state index is 0.0491. The highest BCUT2D eigenvalue weighted by molar-refractivity contribution is 7.91. The van der Waals surface area contributed by atoms with E-state index < -0.39 is 9.84 Å². The average Bonchev–Trinajstić information content (AvgIpc) is 2.97. The summed E-state index contributed by atoms with van der Waals surface area (Å²) < 4.78 is 34.7. The van der Waals surface area contributed by atoms with Gasteiger partial charge in [-0.1, -0.05) is 0 Å². The highest BCUT2D eigenvalue weighted by atomic mass is 32.2. The van der Waals surface area contributed by atoms with E-state index in [1.807, 2.05) is 6.07 Å². The smallest absolute Gasteiger partial charge is 0.180 e. The highest BCUT2D eigenvalue weighted by Crippen LogP contribution is 2.14. The SMILES string of the molecule is N#Cc1ccc(S(=O)(=O)CCOCC2CCOC2)cc1. The molecule has 0 radical (unpaired) electrons. The van der Waals surface area contributed by atoms with Gasteiger partial charge in [-0.3, -0.25) is 0 Å². The van der Waals surface area contributed by atoms with Crippen molar-refractivity contribution in [3.05, 3.63) is 29.8 Å². The number of nitriles is 1. The molecule has 2 rings (SSSR count). The van der Waals surface area contributed by atoms with Gasteiger partial charge in [0.05, 0.1) is 42.1 Å². The molecule has 0 bridgehead atoms. The van der Waals surface area contributed by atoms with Crippen molar-refractivity contribution in [2.24, 2.45) is 5.92 Å². The van der Waals surface area contributed by atoms with Crippen LogP contribution >= 0.6 is 0 Å². The summed E-state index contributed by atoms with van der Waals surface area (Å²) in [6, 6.07) is 7.88. The lowest BCUT2D eigenvalue weighted by Crippen LogP contribution is -2.16. The first-order valence-electron chi connectivity index (χ1n) is 6.50. The van der Waals surface area contributed by atoms with Gasteiger partial charge >= 0.3 is 0 Å². The molecule has 1 aromatic carbocycles. The van der Waals surface area contributed by atoms with E-state index in [-0.39, 0.29) is 17.3 Å². The Morgan fingerprint density at radius 3 is 2.70 bits per heavy atom. The number of benzene rings is 1. The van der Waals surface area contributed by atoms with Crippen LogP contribution in [0.15, 0.2) is 29.2 Å². The van der Waals surface area contributed by atoms with Crippen molar-refractivity contribution in [3.63, 3.8) is 0 Å². The Balaban J connectivity index is 1.82. The molecule has 1 atom stereocenters. The van der Waals surface area contributed by atoms with E-state index in [1.165, 1.54) is 24.3 Å². The summed E-state index contributed by atoms with van der Waals surface area (Å²) in [7, 11) is -3.35. The fourth-order valence-corrected chi connectivity index (χ4v) is 3.11. The maximum atomic E-state index is 12.0. The van der Waals surface area contributed by atoms with Crippen molar-refractivity contribution >= 4 is 9.84 Å². The van der Waals surface area contributed by atoms with Crippen LogP contribution in [0.2, 0.25) is 0 Å². The first kappa shape index (κ1) is 15.0. The number of ether oxygens (including phenoxy) is 2. The average molecular weight is 295 g/mol. The molecule has 0 saturated carbocycles. The van der Waals surface area contributed by atoms with Crippen LogP contribution in [0.4, 0.5) is 0 Å². The molecule has 20 heavy (non-hydrogen) atoms. The maximum absolute atomic E-state index is 12.0. The van der Waals surface area contributed by atoms with Gasteiger partial charge in [-0.2, -0.15) is 5.26 Å². The fourth-order valence-electron chi connectivity index (χ4n) is 1.99. The van der Waals surface area contributed by atoms with Crippen LogP contribution in [-0.2, 0) is 19.3 Å². The molecule has 1 aliphatic rings. The number of nitrogens with zero attached hydrogens (tertiary/aromatic N) is 1. The second-order valence-corrected chi connectivity index (χ2v) is 6.87. The van der Waals surface area contributed by atoms with Crippen molar-refractivity contribution in [2.45, 2.75) is 11.3 Å². The Morgan fingerprint density at radius 1 is 1.35 bits per heavy atom. The highest BCUT2D eigenvalue weighted by Gasteiger charge is 2.17. The zero-order chi connectivity index (χ0) is 14.4. The van der Waals surface area contributed by atoms with Gasteiger partial charge in [-0.15, -0.1) is 0 Å². The fraction of sp³-hybridized carbons (Fsp3) is 0.500. The molecule has 1 aromatic rings. The van der Waals surface area contributed by atoms with Crippen molar-refractivity contribution in [3.8, 4) is 6.07 Å². The van der Waals surface area contributed by atoms with Gasteiger partial charge in [0.25, 0.3) is 0 Å². The van der Waals surface area contributed by atoms with Crippen molar-refractivity contribution in [1.82, 2.24) is 0 Å². The molecule has 0 amide bonds. The molecule has 1 aliphatic heterocycles. The minimum atomic E-state index is -3.35. The quantitative estimate of drug-likeness (QED) is 0.741. The zero-order valence-corrected chi connectivity index (χ0v) is 11.9. The summed E-state index contributed by atoms with van der Waals surface area (Å²) in [5, 5.41) is 8.68. The lowest BCUT2D eigenvalue weighted by molar-refractivity contribution is 0.0997. The van der Waals surface area contributed by atoms with E-state index in [4.69, 9.17) is 14.7 Å². The maximum Gasteiger partial charge on any atom is 0.180 e. The summed E-state index contributed by atoms with van der Waals surface area (Å²) in [6.45, 7) is 2.18. The Bertz CT molecular complexity index is 568. The minimum Gasteiger partial charge on any atom is -0.381 e. The molecule has 0 aromatic heterocycles. The number of hydrogen-bond donors (Lipinski definition) is 0.